The molecule has 0 aliphatic carbocycles. The van der Waals surface area contributed by atoms with Crippen molar-refractivity contribution >= 4 is 12.4 Å². The first-order chi connectivity index (χ1) is 7.53. The SMILES string of the molecule is CC1(C)[C@H](c2ccccc2)[N+](O)=CC=[N+]1[O-]. The summed E-state index contributed by atoms with van der Waals surface area (Å²) in [5, 5.41) is 21.6. The molecular weight excluding hydrogens is 204 g/mol. The maximum absolute atomic E-state index is 11.7. The van der Waals surface area contributed by atoms with Crippen LogP contribution in [0.4, 0.5) is 0 Å². The lowest BCUT2D eigenvalue weighted by Gasteiger charge is -2.28. The average molecular weight is 219 g/mol. The van der Waals surface area contributed by atoms with Gasteiger partial charge in [0.15, 0.2) is 0 Å². The Hall–Kier alpha value is -1.84. The van der Waals surface area contributed by atoms with E-state index in [1.54, 1.807) is 0 Å². The second-order valence-corrected chi connectivity index (χ2v) is 4.47. The maximum atomic E-state index is 11.7. The fourth-order valence-corrected chi connectivity index (χ4v) is 2.05. The van der Waals surface area contributed by atoms with E-state index in [1.165, 1.54) is 12.4 Å². The van der Waals surface area contributed by atoms with Crippen LogP contribution in [-0.4, -0.2) is 32.7 Å². The third-order valence-electron chi connectivity index (χ3n) is 2.97. The molecule has 1 aromatic rings. The number of rotatable bonds is 1. The van der Waals surface area contributed by atoms with Crippen LogP contribution < -0.4 is 0 Å². The number of hydrogen-bond acceptors (Lipinski definition) is 2. The number of benzene rings is 1. The van der Waals surface area contributed by atoms with Gasteiger partial charge in [-0.2, -0.15) is 4.74 Å². The summed E-state index contributed by atoms with van der Waals surface area (Å²) in [6, 6.07) is 9.15. The molecule has 1 atom stereocenters. The van der Waals surface area contributed by atoms with Gasteiger partial charge in [-0.15, -0.1) is 0 Å². The minimum absolute atomic E-state index is 0.365. The van der Waals surface area contributed by atoms with E-state index in [2.05, 4.69) is 0 Å². The van der Waals surface area contributed by atoms with Gasteiger partial charge in [0.1, 0.15) is 0 Å². The van der Waals surface area contributed by atoms with E-state index < -0.39 is 5.54 Å². The fraction of sp³-hybridized carbons (Fsp3) is 0.333. The van der Waals surface area contributed by atoms with E-state index in [9.17, 15) is 10.4 Å². The molecule has 0 saturated carbocycles. The zero-order valence-electron chi connectivity index (χ0n) is 9.37. The Labute approximate surface area is 94.3 Å². The van der Waals surface area contributed by atoms with Crippen LogP contribution in [0.1, 0.15) is 25.5 Å². The monoisotopic (exact) mass is 219 g/mol. The zero-order chi connectivity index (χ0) is 11.8. The van der Waals surface area contributed by atoms with E-state index in [0.717, 1.165) is 15.0 Å². The van der Waals surface area contributed by atoms with Crippen molar-refractivity contribution in [2.24, 2.45) is 0 Å². The first-order valence-corrected chi connectivity index (χ1v) is 5.20. The topological polar surface area (TPSA) is 49.3 Å². The molecule has 0 amide bonds. The molecule has 1 N–H and O–H groups in total. The van der Waals surface area contributed by atoms with Gasteiger partial charge in [-0.05, 0) is 4.74 Å². The van der Waals surface area contributed by atoms with Gasteiger partial charge in [-0.25, -0.2) is 0 Å². The molecule has 1 heterocycles. The van der Waals surface area contributed by atoms with Crippen LogP contribution in [0.25, 0.3) is 0 Å². The van der Waals surface area contributed by atoms with Crippen LogP contribution in [0.5, 0.6) is 0 Å². The lowest BCUT2D eigenvalue weighted by molar-refractivity contribution is -0.831. The fourth-order valence-electron chi connectivity index (χ4n) is 2.05. The second-order valence-electron chi connectivity index (χ2n) is 4.47. The highest BCUT2D eigenvalue weighted by atomic mass is 16.5. The van der Waals surface area contributed by atoms with Crippen molar-refractivity contribution in [3.8, 4) is 0 Å². The molecule has 0 fully saturated rings. The summed E-state index contributed by atoms with van der Waals surface area (Å²) in [5.74, 6) is 0. The van der Waals surface area contributed by atoms with E-state index in [-0.39, 0.29) is 6.04 Å². The number of hydrogen-bond donors (Lipinski definition) is 1. The van der Waals surface area contributed by atoms with Crippen molar-refractivity contribution in [2.75, 3.05) is 0 Å². The predicted octanol–water partition coefficient (Wildman–Crippen LogP) is 1.57. The molecule has 0 spiro atoms. The van der Waals surface area contributed by atoms with E-state index in [0.29, 0.717) is 0 Å². The van der Waals surface area contributed by atoms with Gasteiger partial charge < -0.3 is 5.21 Å². The molecule has 84 valence electrons. The summed E-state index contributed by atoms with van der Waals surface area (Å²) in [6.45, 7) is 3.62. The molecule has 0 saturated heterocycles. The summed E-state index contributed by atoms with van der Waals surface area (Å²) in [5.41, 5.74) is 0.213. The summed E-state index contributed by atoms with van der Waals surface area (Å²) in [7, 11) is 0. The second kappa shape index (κ2) is 3.63. The van der Waals surface area contributed by atoms with E-state index >= 15 is 0 Å². The van der Waals surface area contributed by atoms with Crippen LogP contribution in [0.15, 0.2) is 30.3 Å². The van der Waals surface area contributed by atoms with Crippen molar-refractivity contribution in [2.45, 2.75) is 25.4 Å². The van der Waals surface area contributed by atoms with E-state index in [4.69, 9.17) is 0 Å². The van der Waals surface area contributed by atoms with Gasteiger partial charge in [0.05, 0.1) is 0 Å². The van der Waals surface area contributed by atoms with Crippen LogP contribution in [0, 0.1) is 5.21 Å². The number of hydroxylamine groups is 2. The zero-order valence-corrected chi connectivity index (χ0v) is 9.37. The molecule has 0 unspecified atom stereocenters. The normalized spacial score (nSPS) is 23.5. The highest BCUT2D eigenvalue weighted by Crippen LogP contribution is 2.31. The first-order valence-electron chi connectivity index (χ1n) is 5.20. The third kappa shape index (κ3) is 1.56. The molecule has 4 heteroatoms. The van der Waals surface area contributed by atoms with Gasteiger partial charge in [-0.3, -0.25) is 5.21 Å². The van der Waals surface area contributed by atoms with Crippen molar-refractivity contribution in [3.63, 3.8) is 0 Å². The van der Waals surface area contributed by atoms with Crippen molar-refractivity contribution in [1.29, 1.82) is 0 Å². The largest absolute Gasteiger partial charge is 0.623 e. The predicted molar refractivity (Wildman–Crippen MR) is 61.1 cm³/mol. The Balaban J connectivity index is 2.49. The molecule has 4 nitrogen and oxygen atoms in total. The minimum atomic E-state index is -0.704. The minimum Gasteiger partial charge on any atom is -0.623 e. The first kappa shape index (κ1) is 10.7. The molecule has 2 rings (SSSR count). The van der Waals surface area contributed by atoms with Gasteiger partial charge in [0.2, 0.25) is 11.8 Å². The Morgan fingerprint density at radius 3 is 2.44 bits per heavy atom. The Kier molecular flexibility index (Phi) is 2.42. The summed E-state index contributed by atoms with van der Waals surface area (Å²) in [4.78, 5) is 0. The molecule has 1 aromatic carbocycles. The highest BCUT2D eigenvalue weighted by Gasteiger charge is 2.49. The van der Waals surface area contributed by atoms with Crippen LogP contribution in [0.3, 0.4) is 0 Å². The molecule has 1 aliphatic heterocycles. The van der Waals surface area contributed by atoms with Crippen LogP contribution in [-0.2, 0) is 0 Å². The van der Waals surface area contributed by atoms with Crippen molar-refractivity contribution in [1.82, 2.24) is 0 Å². The van der Waals surface area contributed by atoms with Gasteiger partial charge in [0.25, 0.3) is 12.3 Å². The standard InChI is InChI=1S/C12H15N2O2/c1-12(2)11(10-6-4-3-5-7-10)13(15)8-9-14(12)16/h3-9,11,15H,1-2H3/q+1/t11-/m0/s1. The Morgan fingerprint density at radius 1 is 1.19 bits per heavy atom. The van der Waals surface area contributed by atoms with Gasteiger partial charge in [0, 0.05) is 19.4 Å². The Morgan fingerprint density at radius 2 is 1.81 bits per heavy atom. The maximum Gasteiger partial charge on any atom is 0.290 e. The van der Waals surface area contributed by atoms with Crippen LogP contribution in [0.2, 0.25) is 0 Å². The molecular formula is C12H15N2O2+. The average Bonchev–Trinajstić information content (AvgIpc) is 2.25. The third-order valence-corrected chi connectivity index (χ3v) is 2.97. The molecule has 0 bridgehead atoms. The smallest absolute Gasteiger partial charge is 0.290 e. The van der Waals surface area contributed by atoms with Gasteiger partial charge in [-0.1, -0.05) is 30.3 Å². The van der Waals surface area contributed by atoms with Crippen molar-refractivity contribution in [3.05, 3.63) is 41.1 Å². The molecule has 1 aliphatic rings. The van der Waals surface area contributed by atoms with Gasteiger partial charge >= 0.3 is 0 Å². The summed E-state index contributed by atoms with van der Waals surface area (Å²) >= 11 is 0. The molecule has 0 radical (unpaired) electrons. The Bertz CT molecular complexity index is 449. The summed E-state index contributed by atoms with van der Waals surface area (Å²) in [6.07, 6.45) is 2.72. The molecule has 16 heavy (non-hydrogen) atoms. The lowest BCUT2D eigenvalue weighted by atomic mass is 9.88. The number of nitrogens with zero attached hydrogens (tertiary/aromatic N) is 2. The summed E-state index contributed by atoms with van der Waals surface area (Å²) < 4.78 is 1.96. The highest BCUT2D eigenvalue weighted by molar-refractivity contribution is 6.11. The van der Waals surface area contributed by atoms with Crippen LogP contribution >= 0.6 is 0 Å². The van der Waals surface area contributed by atoms with Crippen molar-refractivity contribution < 1.29 is 14.7 Å². The van der Waals surface area contributed by atoms with E-state index in [1.807, 2.05) is 44.2 Å². The lowest BCUT2D eigenvalue weighted by Crippen LogP contribution is -2.48. The molecule has 0 aromatic heterocycles. The quantitative estimate of drug-likeness (QED) is 0.443.